The quantitative estimate of drug-likeness (QED) is 0.638. The molecule has 0 spiro atoms. The van der Waals surface area contributed by atoms with Crippen LogP contribution < -0.4 is 0 Å². The van der Waals surface area contributed by atoms with Gasteiger partial charge in [0.1, 0.15) is 30.2 Å². The third kappa shape index (κ3) is 4.54. The second-order valence-corrected chi connectivity index (χ2v) is 9.80. The second-order valence-electron chi connectivity index (χ2n) is 8.46. The lowest BCUT2D eigenvalue weighted by Crippen LogP contribution is -2.52. The Balaban J connectivity index is 1.53. The molecule has 5 nitrogen and oxygen atoms in total. The number of carbonyl (C=O) groups excluding carboxylic acids is 1. The predicted octanol–water partition coefficient (Wildman–Crippen LogP) is 3.25. The monoisotopic (exact) mass is 458 g/mol. The summed E-state index contributed by atoms with van der Waals surface area (Å²) in [4.78, 5) is 13.2. The topological polar surface area (TPSA) is 87.0 Å². The van der Waals surface area contributed by atoms with Crippen LogP contribution in [0.1, 0.15) is 40.3 Å². The van der Waals surface area contributed by atoms with Gasteiger partial charge in [-0.05, 0) is 66.6 Å². The molecule has 2 aromatic carbocycles. The Morgan fingerprint density at radius 1 is 1.12 bits per heavy atom. The van der Waals surface area contributed by atoms with Gasteiger partial charge in [-0.3, -0.25) is 4.79 Å². The average molecular weight is 459 g/mol. The van der Waals surface area contributed by atoms with Gasteiger partial charge in [0.05, 0.1) is 6.61 Å². The van der Waals surface area contributed by atoms with E-state index in [4.69, 9.17) is 4.74 Å². The fourth-order valence-corrected chi connectivity index (χ4v) is 5.65. The van der Waals surface area contributed by atoms with Crippen molar-refractivity contribution < 1.29 is 29.2 Å². The second kappa shape index (κ2) is 9.45. The van der Waals surface area contributed by atoms with Gasteiger partial charge in [-0.1, -0.05) is 30.3 Å². The SMILES string of the molecule is Cc1cc(C)c([C@@H]2O[C@H](CO)C(=O)[C@H](O)[C@H]2O)cc1CC1CC=C(c2ccc(F)cc2)S1. The van der Waals surface area contributed by atoms with Gasteiger partial charge < -0.3 is 20.1 Å². The van der Waals surface area contributed by atoms with Gasteiger partial charge in [0, 0.05) is 10.2 Å². The number of halogens is 1. The number of rotatable bonds is 5. The van der Waals surface area contributed by atoms with Crippen LogP contribution in [-0.4, -0.2) is 51.3 Å². The number of aryl methyl sites for hydroxylation is 2. The number of thioether (sulfide) groups is 1. The highest BCUT2D eigenvalue weighted by Crippen LogP contribution is 2.41. The molecule has 2 aromatic rings. The van der Waals surface area contributed by atoms with Crippen LogP contribution in [0.3, 0.4) is 0 Å². The standard InChI is InChI=1S/C25H27FO5S/c1-13-9-14(2)19(25-24(30)23(29)22(28)20(12-27)31-25)11-16(13)10-18-7-8-21(32-18)15-3-5-17(26)6-4-15/h3-6,8-9,11,18,20,23-25,27,29-30H,7,10,12H2,1-2H3/t18?,20-,23+,24-,25+/m1/s1. The van der Waals surface area contributed by atoms with E-state index in [1.165, 1.54) is 12.1 Å². The highest BCUT2D eigenvalue weighted by molar-refractivity contribution is 8.09. The van der Waals surface area contributed by atoms with Gasteiger partial charge in [0.25, 0.3) is 0 Å². The van der Waals surface area contributed by atoms with Crippen molar-refractivity contribution in [1.82, 2.24) is 0 Å². The van der Waals surface area contributed by atoms with Crippen molar-refractivity contribution in [3.05, 3.63) is 76.1 Å². The van der Waals surface area contributed by atoms with Gasteiger partial charge in [-0.2, -0.15) is 0 Å². The molecule has 2 aliphatic rings. The Kier molecular flexibility index (Phi) is 6.83. The summed E-state index contributed by atoms with van der Waals surface area (Å²) in [7, 11) is 0. The minimum Gasteiger partial charge on any atom is -0.393 e. The number of Topliss-reactive ketones (excluding diaryl/α,β-unsaturated/α-hetero) is 1. The molecule has 2 aliphatic heterocycles. The average Bonchev–Trinajstić information content (AvgIpc) is 3.24. The summed E-state index contributed by atoms with van der Waals surface area (Å²) in [5.74, 6) is -0.956. The predicted molar refractivity (Wildman–Crippen MR) is 122 cm³/mol. The summed E-state index contributed by atoms with van der Waals surface area (Å²) in [5.41, 5.74) is 4.81. The van der Waals surface area contributed by atoms with Crippen LogP contribution >= 0.6 is 11.8 Å². The zero-order valence-electron chi connectivity index (χ0n) is 18.0. The highest BCUT2D eigenvalue weighted by atomic mass is 32.2. The van der Waals surface area contributed by atoms with E-state index >= 15 is 0 Å². The lowest BCUT2D eigenvalue weighted by Gasteiger charge is -2.36. The minimum atomic E-state index is -1.59. The molecule has 2 heterocycles. The molecule has 1 unspecified atom stereocenters. The van der Waals surface area contributed by atoms with Crippen molar-refractivity contribution >= 4 is 22.5 Å². The van der Waals surface area contributed by atoms with Gasteiger partial charge in [0.2, 0.25) is 0 Å². The van der Waals surface area contributed by atoms with E-state index < -0.39 is 36.8 Å². The first-order valence-electron chi connectivity index (χ1n) is 10.7. The zero-order chi connectivity index (χ0) is 23.0. The molecule has 0 bridgehead atoms. The minimum absolute atomic E-state index is 0.251. The Morgan fingerprint density at radius 3 is 2.53 bits per heavy atom. The number of benzene rings is 2. The normalized spacial score (nSPS) is 28.1. The Hall–Kier alpha value is -2.03. The summed E-state index contributed by atoms with van der Waals surface area (Å²) >= 11 is 1.76. The van der Waals surface area contributed by atoms with Gasteiger partial charge in [-0.15, -0.1) is 11.8 Å². The Morgan fingerprint density at radius 2 is 1.84 bits per heavy atom. The number of aliphatic hydroxyl groups is 3. The van der Waals surface area contributed by atoms with E-state index in [1.54, 1.807) is 23.9 Å². The van der Waals surface area contributed by atoms with Gasteiger partial charge in [-0.25, -0.2) is 4.39 Å². The van der Waals surface area contributed by atoms with Gasteiger partial charge >= 0.3 is 0 Å². The van der Waals surface area contributed by atoms with E-state index in [-0.39, 0.29) is 5.82 Å². The number of hydrogen-bond donors (Lipinski definition) is 3. The molecule has 0 radical (unpaired) electrons. The summed E-state index contributed by atoms with van der Waals surface area (Å²) in [6.07, 6.45) is -1.19. The summed E-state index contributed by atoms with van der Waals surface area (Å²) in [6, 6.07) is 10.5. The van der Waals surface area contributed by atoms with Crippen LogP contribution in [0.5, 0.6) is 0 Å². The fourth-order valence-electron chi connectivity index (χ4n) is 4.37. The van der Waals surface area contributed by atoms with E-state index in [1.807, 2.05) is 26.0 Å². The smallest absolute Gasteiger partial charge is 0.195 e. The van der Waals surface area contributed by atoms with Crippen molar-refractivity contribution in [3.8, 4) is 0 Å². The number of allylic oxidation sites excluding steroid dienone is 1. The molecule has 32 heavy (non-hydrogen) atoms. The van der Waals surface area contributed by atoms with Crippen LogP contribution in [0.4, 0.5) is 4.39 Å². The maximum Gasteiger partial charge on any atom is 0.195 e. The lowest BCUT2D eigenvalue weighted by atomic mass is 9.87. The van der Waals surface area contributed by atoms with E-state index in [0.29, 0.717) is 10.8 Å². The fraction of sp³-hybridized carbons (Fsp3) is 0.400. The van der Waals surface area contributed by atoms with Crippen molar-refractivity contribution in [2.24, 2.45) is 0 Å². The van der Waals surface area contributed by atoms with E-state index in [2.05, 4.69) is 6.08 Å². The van der Waals surface area contributed by atoms with Crippen LogP contribution in [0.15, 0.2) is 42.5 Å². The first-order chi connectivity index (χ1) is 15.3. The zero-order valence-corrected chi connectivity index (χ0v) is 18.8. The van der Waals surface area contributed by atoms with Crippen molar-refractivity contribution in [2.75, 3.05) is 6.61 Å². The maximum absolute atomic E-state index is 13.2. The van der Waals surface area contributed by atoms with Crippen molar-refractivity contribution in [2.45, 2.75) is 56.4 Å². The number of aliphatic hydroxyl groups excluding tert-OH is 3. The molecule has 1 saturated heterocycles. The molecule has 0 saturated carbocycles. The molecule has 0 aromatic heterocycles. The van der Waals surface area contributed by atoms with E-state index in [9.17, 15) is 24.5 Å². The molecule has 3 N–H and O–H groups in total. The summed E-state index contributed by atoms with van der Waals surface area (Å²) in [6.45, 7) is 3.39. The third-order valence-corrected chi connectivity index (χ3v) is 7.54. The first-order valence-corrected chi connectivity index (χ1v) is 11.6. The van der Waals surface area contributed by atoms with E-state index in [0.717, 1.165) is 40.0 Å². The van der Waals surface area contributed by atoms with Crippen LogP contribution in [0.2, 0.25) is 0 Å². The Bertz CT molecular complexity index is 1030. The van der Waals surface area contributed by atoms with Crippen LogP contribution in [0.25, 0.3) is 4.91 Å². The number of hydrogen-bond acceptors (Lipinski definition) is 6. The molecule has 7 heteroatoms. The lowest BCUT2D eigenvalue weighted by molar-refractivity contribution is -0.188. The molecule has 1 fully saturated rings. The first kappa shape index (κ1) is 23.1. The largest absolute Gasteiger partial charge is 0.393 e. The van der Waals surface area contributed by atoms with Crippen LogP contribution in [-0.2, 0) is 16.0 Å². The molecular formula is C25H27FO5S. The molecule has 4 rings (SSSR count). The van der Waals surface area contributed by atoms with Crippen molar-refractivity contribution in [3.63, 3.8) is 0 Å². The number of carbonyl (C=O) groups is 1. The highest BCUT2D eigenvalue weighted by Gasteiger charge is 2.44. The number of ketones is 1. The molecule has 5 atom stereocenters. The maximum atomic E-state index is 13.2. The molecular weight excluding hydrogens is 431 g/mol. The number of ether oxygens (including phenoxy) is 1. The third-order valence-electron chi connectivity index (χ3n) is 6.19. The Labute approximate surface area is 190 Å². The van der Waals surface area contributed by atoms with Crippen molar-refractivity contribution in [1.29, 1.82) is 0 Å². The van der Waals surface area contributed by atoms with Crippen LogP contribution in [0, 0.1) is 19.7 Å². The summed E-state index contributed by atoms with van der Waals surface area (Å²) in [5, 5.41) is 30.4. The molecule has 0 aliphatic carbocycles. The van der Waals surface area contributed by atoms with Gasteiger partial charge in [0.15, 0.2) is 5.78 Å². The summed E-state index contributed by atoms with van der Waals surface area (Å²) < 4.78 is 18.9. The molecule has 0 amide bonds. The molecule has 170 valence electrons.